The van der Waals surface area contributed by atoms with Gasteiger partial charge >= 0.3 is 12.1 Å². The Morgan fingerprint density at radius 2 is 2.00 bits per heavy atom. The van der Waals surface area contributed by atoms with Crippen LogP contribution in [0.2, 0.25) is 0 Å². The van der Waals surface area contributed by atoms with Crippen LogP contribution < -0.4 is 5.43 Å². The first-order chi connectivity index (χ1) is 6.85. The summed E-state index contributed by atoms with van der Waals surface area (Å²) in [4.78, 5) is 21.7. The molecule has 0 heterocycles. The van der Waals surface area contributed by atoms with Gasteiger partial charge in [0.25, 0.3) is 0 Å². The fourth-order valence-corrected chi connectivity index (χ4v) is 0.618. The van der Waals surface area contributed by atoms with Crippen LogP contribution in [0, 0.1) is 0 Å². The summed E-state index contributed by atoms with van der Waals surface area (Å²) in [7, 11) is 0. The average Bonchev–Trinajstić information content (AvgIpc) is 2.00. The quantitative estimate of drug-likeness (QED) is 0.434. The Kier molecular flexibility index (Phi) is 5.36. The van der Waals surface area contributed by atoms with Crippen molar-refractivity contribution in [2.45, 2.75) is 33.3 Å². The van der Waals surface area contributed by atoms with Crippen LogP contribution in [0.15, 0.2) is 5.10 Å². The van der Waals surface area contributed by atoms with Crippen molar-refractivity contribution in [2.24, 2.45) is 5.10 Å². The first-order valence-corrected chi connectivity index (χ1v) is 4.54. The lowest BCUT2D eigenvalue weighted by Crippen LogP contribution is -2.30. The van der Waals surface area contributed by atoms with Gasteiger partial charge < -0.3 is 9.47 Å². The molecule has 0 spiro atoms. The molecule has 0 aromatic heterocycles. The number of hydrazone groups is 1. The maximum atomic E-state index is 11.0. The Morgan fingerprint density at radius 1 is 1.40 bits per heavy atom. The summed E-state index contributed by atoms with van der Waals surface area (Å²) in [6.45, 7) is 7.11. The van der Waals surface area contributed by atoms with Gasteiger partial charge in [-0.15, -0.1) is 0 Å². The Morgan fingerprint density at radius 3 is 2.47 bits per heavy atom. The lowest BCUT2D eigenvalue weighted by molar-refractivity contribution is -0.134. The van der Waals surface area contributed by atoms with Gasteiger partial charge in [-0.05, 0) is 27.7 Å². The molecule has 1 amide bonds. The molecule has 1 N–H and O–H groups in total. The molecule has 0 aromatic rings. The monoisotopic (exact) mass is 216 g/mol. The fourth-order valence-electron chi connectivity index (χ4n) is 0.618. The third-order valence-electron chi connectivity index (χ3n) is 1.01. The molecule has 0 fully saturated rings. The third-order valence-corrected chi connectivity index (χ3v) is 1.01. The molecule has 0 unspecified atom stereocenters. The van der Waals surface area contributed by atoms with Crippen LogP contribution in [-0.2, 0) is 14.3 Å². The van der Waals surface area contributed by atoms with Crippen molar-refractivity contribution in [3.05, 3.63) is 0 Å². The summed E-state index contributed by atoms with van der Waals surface area (Å²) in [6.07, 6.45) is 0.149. The van der Waals surface area contributed by atoms with Crippen molar-refractivity contribution in [3.8, 4) is 0 Å². The van der Waals surface area contributed by atoms with Crippen LogP contribution in [0.25, 0.3) is 0 Å². The van der Waals surface area contributed by atoms with Crippen LogP contribution in [-0.4, -0.2) is 30.5 Å². The zero-order valence-electron chi connectivity index (χ0n) is 9.36. The Labute approximate surface area is 88.6 Å². The van der Waals surface area contributed by atoms with E-state index in [0.717, 1.165) is 6.21 Å². The predicted octanol–water partition coefficient (Wildman–Crippen LogP) is 1.06. The minimum Gasteiger partial charge on any atom is -0.462 e. The van der Waals surface area contributed by atoms with Gasteiger partial charge in [-0.2, -0.15) is 5.10 Å². The molecular weight excluding hydrogens is 200 g/mol. The summed E-state index contributed by atoms with van der Waals surface area (Å²) in [5, 5.41) is 3.35. The number of carbonyl (C=O) groups is 2. The summed E-state index contributed by atoms with van der Waals surface area (Å²) in [6, 6.07) is 0. The van der Waals surface area contributed by atoms with Gasteiger partial charge in [-0.1, -0.05) is 0 Å². The predicted molar refractivity (Wildman–Crippen MR) is 54.5 cm³/mol. The second-order valence-electron chi connectivity index (χ2n) is 3.62. The van der Waals surface area contributed by atoms with Crippen molar-refractivity contribution in [2.75, 3.05) is 6.61 Å². The van der Waals surface area contributed by atoms with Crippen LogP contribution in [0.5, 0.6) is 0 Å². The largest absolute Gasteiger partial charge is 0.462 e. The van der Waals surface area contributed by atoms with Gasteiger partial charge in [-0.3, -0.25) is 0 Å². The van der Waals surface area contributed by atoms with E-state index in [-0.39, 0.29) is 6.61 Å². The molecule has 86 valence electrons. The van der Waals surface area contributed by atoms with E-state index in [9.17, 15) is 9.59 Å². The molecule has 0 aliphatic heterocycles. The zero-order chi connectivity index (χ0) is 11.9. The number of esters is 1. The van der Waals surface area contributed by atoms with E-state index in [1.807, 2.05) is 5.43 Å². The summed E-state index contributed by atoms with van der Waals surface area (Å²) in [5.41, 5.74) is 1.44. The topological polar surface area (TPSA) is 77.0 Å². The highest BCUT2D eigenvalue weighted by molar-refractivity contribution is 6.23. The first kappa shape index (κ1) is 13.4. The van der Waals surface area contributed by atoms with Crippen LogP contribution >= 0.6 is 0 Å². The van der Waals surface area contributed by atoms with Crippen molar-refractivity contribution in [3.63, 3.8) is 0 Å². The normalized spacial score (nSPS) is 11.2. The van der Waals surface area contributed by atoms with Crippen LogP contribution in [0.3, 0.4) is 0 Å². The molecule has 6 heteroatoms. The summed E-state index contributed by atoms with van der Waals surface area (Å²) < 4.78 is 9.41. The summed E-state index contributed by atoms with van der Waals surface area (Å²) in [5.74, 6) is -0.617. The van der Waals surface area contributed by atoms with E-state index < -0.39 is 17.7 Å². The Hall–Kier alpha value is -1.59. The van der Waals surface area contributed by atoms with E-state index in [0.29, 0.717) is 0 Å². The van der Waals surface area contributed by atoms with E-state index in [1.165, 1.54) is 0 Å². The molecule has 0 saturated heterocycles. The molecule has 15 heavy (non-hydrogen) atoms. The second kappa shape index (κ2) is 6.00. The lowest BCUT2D eigenvalue weighted by Gasteiger charge is -2.18. The smallest absolute Gasteiger partial charge is 0.428 e. The molecule has 0 aliphatic rings. The van der Waals surface area contributed by atoms with Crippen LogP contribution in [0.4, 0.5) is 4.79 Å². The van der Waals surface area contributed by atoms with Crippen molar-refractivity contribution in [1.82, 2.24) is 5.43 Å². The number of carbonyl (C=O) groups excluding carboxylic acids is 2. The standard InChI is InChI=1S/C9H16N2O4/c1-5-14-7(12)6-10-11-8(13)15-9(2,3)4/h6H,5H2,1-4H3,(H,11,13). The molecule has 0 bridgehead atoms. The highest BCUT2D eigenvalue weighted by Crippen LogP contribution is 2.05. The van der Waals surface area contributed by atoms with Gasteiger partial charge in [-0.25, -0.2) is 15.0 Å². The number of ether oxygens (including phenoxy) is 2. The molecule has 0 aliphatic carbocycles. The minimum atomic E-state index is -0.719. The molecule has 0 radical (unpaired) electrons. The maximum absolute atomic E-state index is 11.0. The number of rotatable bonds is 3. The van der Waals surface area contributed by atoms with Gasteiger partial charge in [0.05, 0.1) is 6.61 Å². The molecule has 6 nitrogen and oxygen atoms in total. The third kappa shape index (κ3) is 8.73. The van der Waals surface area contributed by atoms with Gasteiger partial charge in [0.2, 0.25) is 0 Å². The number of nitrogens with zero attached hydrogens (tertiary/aromatic N) is 1. The second-order valence-corrected chi connectivity index (χ2v) is 3.62. The number of amides is 1. The average molecular weight is 216 g/mol. The highest BCUT2D eigenvalue weighted by Gasteiger charge is 2.15. The minimum absolute atomic E-state index is 0.261. The SMILES string of the molecule is CCOC(=O)C=NNC(=O)OC(C)(C)C. The van der Waals surface area contributed by atoms with Crippen molar-refractivity contribution >= 4 is 18.3 Å². The molecule has 0 saturated carbocycles. The van der Waals surface area contributed by atoms with E-state index >= 15 is 0 Å². The van der Waals surface area contributed by atoms with E-state index in [1.54, 1.807) is 27.7 Å². The van der Waals surface area contributed by atoms with Crippen molar-refractivity contribution < 1.29 is 19.1 Å². The molecule has 0 rings (SSSR count). The van der Waals surface area contributed by atoms with E-state index in [4.69, 9.17) is 4.74 Å². The lowest BCUT2D eigenvalue weighted by atomic mass is 10.2. The van der Waals surface area contributed by atoms with Crippen LogP contribution in [0.1, 0.15) is 27.7 Å². The number of hydrogen-bond donors (Lipinski definition) is 1. The fraction of sp³-hybridized carbons (Fsp3) is 0.667. The Balaban J connectivity index is 3.86. The van der Waals surface area contributed by atoms with Gasteiger partial charge in [0.1, 0.15) is 11.8 Å². The van der Waals surface area contributed by atoms with Crippen molar-refractivity contribution in [1.29, 1.82) is 0 Å². The zero-order valence-corrected chi connectivity index (χ0v) is 9.36. The molecule has 0 atom stereocenters. The number of nitrogens with one attached hydrogen (secondary N) is 1. The van der Waals surface area contributed by atoms with Gasteiger partial charge in [0.15, 0.2) is 0 Å². The number of hydrogen-bond acceptors (Lipinski definition) is 5. The summed E-state index contributed by atoms with van der Waals surface area (Å²) >= 11 is 0. The Bertz CT molecular complexity index is 255. The molecule has 0 aromatic carbocycles. The highest BCUT2D eigenvalue weighted by atomic mass is 16.6. The van der Waals surface area contributed by atoms with E-state index in [2.05, 4.69) is 9.84 Å². The first-order valence-electron chi connectivity index (χ1n) is 4.54. The maximum Gasteiger partial charge on any atom is 0.428 e. The van der Waals surface area contributed by atoms with Gasteiger partial charge in [0, 0.05) is 0 Å². The molecular formula is C9H16N2O4.